The number of rotatable bonds is 3. The summed E-state index contributed by atoms with van der Waals surface area (Å²) in [6.45, 7) is 7.72. The Balaban J connectivity index is 2.71. The van der Waals surface area contributed by atoms with E-state index in [4.69, 9.17) is 0 Å². The van der Waals surface area contributed by atoms with Crippen molar-refractivity contribution in [2.75, 3.05) is 0 Å². The number of carbonyl (C=O) groups excluding carboxylic acids is 2. The fourth-order valence-electron chi connectivity index (χ4n) is 1.69. The molecule has 1 saturated heterocycles. The fourth-order valence-corrected chi connectivity index (χ4v) is 1.69. The van der Waals surface area contributed by atoms with Crippen LogP contribution in [0, 0.1) is 5.92 Å². The zero-order chi connectivity index (χ0) is 11.6. The van der Waals surface area contributed by atoms with Crippen molar-refractivity contribution in [2.24, 2.45) is 5.92 Å². The van der Waals surface area contributed by atoms with Gasteiger partial charge in [0.1, 0.15) is 11.6 Å². The minimum absolute atomic E-state index is 0.0624. The molecule has 1 rings (SSSR count). The molecule has 1 fully saturated rings. The Hall–Kier alpha value is -1.06. The molecule has 0 bridgehead atoms. The second-order valence-corrected chi connectivity index (χ2v) is 4.83. The van der Waals surface area contributed by atoms with Crippen LogP contribution in [0.2, 0.25) is 0 Å². The van der Waals surface area contributed by atoms with E-state index in [0.717, 1.165) is 0 Å². The van der Waals surface area contributed by atoms with E-state index in [0.29, 0.717) is 18.8 Å². The molecule has 15 heavy (non-hydrogen) atoms. The molecule has 0 aliphatic carbocycles. The Bertz CT molecular complexity index is 276. The maximum atomic E-state index is 11.8. The molecule has 0 aromatic carbocycles. The van der Waals surface area contributed by atoms with Gasteiger partial charge in [-0.15, -0.1) is 0 Å². The van der Waals surface area contributed by atoms with Crippen LogP contribution in [0.25, 0.3) is 0 Å². The Morgan fingerprint density at radius 1 is 1.40 bits per heavy atom. The van der Waals surface area contributed by atoms with Gasteiger partial charge in [-0.05, 0) is 25.7 Å². The van der Waals surface area contributed by atoms with E-state index in [2.05, 4.69) is 10.6 Å². The van der Waals surface area contributed by atoms with Crippen LogP contribution >= 0.6 is 0 Å². The fraction of sp³-hybridized carbons (Fsp3) is 0.818. The van der Waals surface area contributed by atoms with Gasteiger partial charge in [-0.25, -0.2) is 0 Å². The first kappa shape index (κ1) is 12.0. The maximum Gasteiger partial charge on any atom is 0.246 e. The first-order valence-electron chi connectivity index (χ1n) is 5.52. The summed E-state index contributed by atoms with van der Waals surface area (Å²) in [7, 11) is 0. The van der Waals surface area contributed by atoms with E-state index in [9.17, 15) is 9.59 Å². The summed E-state index contributed by atoms with van der Waals surface area (Å²) in [4.78, 5) is 23.5. The Morgan fingerprint density at radius 3 is 2.47 bits per heavy atom. The zero-order valence-corrected chi connectivity index (χ0v) is 9.89. The molecule has 2 N–H and O–H groups in total. The lowest BCUT2D eigenvalue weighted by atomic mass is 9.91. The normalized spacial score (nSPS) is 31.4. The van der Waals surface area contributed by atoms with Crippen LogP contribution in [-0.2, 0) is 9.59 Å². The SMILES string of the molecule is CCC1(C)NC(=O)C(CC(C)C)NC1=O. The Labute approximate surface area is 90.8 Å². The van der Waals surface area contributed by atoms with Gasteiger partial charge >= 0.3 is 0 Å². The lowest BCUT2D eigenvalue weighted by molar-refractivity contribution is -0.141. The van der Waals surface area contributed by atoms with Crippen molar-refractivity contribution in [1.29, 1.82) is 0 Å². The van der Waals surface area contributed by atoms with Gasteiger partial charge in [0.2, 0.25) is 11.8 Å². The summed E-state index contributed by atoms with van der Waals surface area (Å²) in [6.07, 6.45) is 1.30. The molecular formula is C11H20N2O2. The number of piperazine rings is 1. The molecule has 4 nitrogen and oxygen atoms in total. The average Bonchev–Trinajstić information content (AvgIpc) is 2.13. The van der Waals surface area contributed by atoms with Crippen LogP contribution in [0.1, 0.15) is 40.5 Å². The molecule has 2 amide bonds. The highest BCUT2D eigenvalue weighted by molar-refractivity contribution is 5.99. The molecule has 2 atom stereocenters. The van der Waals surface area contributed by atoms with Crippen molar-refractivity contribution in [1.82, 2.24) is 10.6 Å². The number of amides is 2. The molecule has 4 heteroatoms. The summed E-state index contributed by atoms with van der Waals surface area (Å²) in [5, 5.41) is 5.58. The smallest absolute Gasteiger partial charge is 0.246 e. The van der Waals surface area contributed by atoms with E-state index in [1.54, 1.807) is 6.92 Å². The standard InChI is InChI=1S/C11H20N2O2/c1-5-11(4)10(15)12-8(6-7(2)3)9(14)13-11/h7-8H,5-6H2,1-4H3,(H,12,15)(H,13,14). The van der Waals surface area contributed by atoms with Crippen LogP contribution in [0.5, 0.6) is 0 Å². The zero-order valence-electron chi connectivity index (χ0n) is 9.89. The second-order valence-electron chi connectivity index (χ2n) is 4.83. The first-order valence-corrected chi connectivity index (χ1v) is 5.52. The highest BCUT2D eigenvalue weighted by Crippen LogP contribution is 2.17. The van der Waals surface area contributed by atoms with Gasteiger partial charge in [-0.1, -0.05) is 20.8 Å². The predicted molar refractivity (Wildman–Crippen MR) is 58.2 cm³/mol. The molecule has 0 aromatic heterocycles. The third-order valence-corrected chi connectivity index (χ3v) is 2.94. The molecule has 86 valence electrons. The van der Waals surface area contributed by atoms with E-state index >= 15 is 0 Å². The molecule has 0 radical (unpaired) electrons. The van der Waals surface area contributed by atoms with Crippen LogP contribution < -0.4 is 10.6 Å². The van der Waals surface area contributed by atoms with Crippen molar-refractivity contribution in [3.05, 3.63) is 0 Å². The first-order chi connectivity index (χ1) is 6.89. The molecule has 1 heterocycles. The number of hydrogen-bond donors (Lipinski definition) is 2. The monoisotopic (exact) mass is 212 g/mol. The van der Waals surface area contributed by atoms with E-state index in [1.807, 2.05) is 20.8 Å². The minimum Gasteiger partial charge on any atom is -0.342 e. The van der Waals surface area contributed by atoms with Gasteiger partial charge in [0.25, 0.3) is 0 Å². The summed E-state index contributed by atoms with van der Waals surface area (Å²) in [5.41, 5.74) is -0.732. The van der Waals surface area contributed by atoms with Crippen molar-refractivity contribution in [3.8, 4) is 0 Å². The number of nitrogens with one attached hydrogen (secondary N) is 2. The number of carbonyl (C=O) groups is 2. The van der Waals surface area contributed by atoms with Crippen molar-refractivity contribution < 1.29 is 9.59 Å². The molecule has 0 saturated carbocycles. The predicted octanol–water partition coefficient (Wildman–Crippen LogP) is 0.816. The Kier molecular flexibility index (Phi) is 3.37. The van der Waals surface area contributed by atoms with Crippen LogP contribution in [0.3, 0.4) is 0 Å². The van der Waals surface area contributed by atoms with Gasteiger partial charge < -0.3 is 10.6 Å². The molecular weight excluding hydrogens is 192 g/mol. The lowest BCUT2D eigenvalue weighted by Crippen LogP contribution is -2.68. The van der Waals surface area contributed by atoms with Crippen LogP contribution in [0.15, 0.2) is 0 Å². The number of hydrogen-bond acceptors (Lipinski definition) is 2. The lowest BCUT2D eigenvalue weighted by Gasteiger charge is -2.37. The molecule has 0 aromatic rings. The van der Waals surface area contributed by atoms with Crippen molar-refractivity contribution in [2.45, 2.75) is 52.1 Å². The highest BCUT2D eigenvalue weighted by Gasteiger charge is 2.41. The van der Waals surface area contributed by atoms with E-state index in [-0.39, 0.29) is 17.9 Å². The van der Waals surface area contributed by atoms with E-state index in [1.165, 1.54) is 0 Å². The molecule has 2 unspecified atom stereocenters. The quantitative estimate of drug-likeness (QED) is 0.727. The second kappa shape index (κ2) is 4.21. The Morgan fingerprint density at radius 2 is 2.00 bits per heavy atom. The van der Waals surface area contributed by atoms with Gasteiger partial charge in [0, 0.05) is 0 Å². The van der Waals surface area contributed by atoms with Crippen molar-refractivity contribution >= 4 is 11.8 Å². The summed E-state index contributed by atoms with van der Waals surface area (Å²) >= 11 is 0. The van der Waals surface area contributed by atoms with Gasteiger partial charge in [-0.2, -0.15) is 0 Å². The highest BCUT2D eigenvalue weighted by atomic mass is 16.2. The van der Waals surface area contributed by atoms with Gasteiger partial charge in [0.05, 0.1) is 0 Å². The largest absolute Gasteiger partial charge is 0.342 e. The van der Waals surface area contributed by atoms with Gasteiger partial charge in [-0.3, -0.25) is 9.59 Å². The molecule has 1 aliphatic heterocycles. The van der Waals surface area contributed by atoms with E-state index < -0.39 is 5.54 Å². The summed E-state index contributed by atoms with van der Waals surface area (Å²) < 4.78 is 0. The maximum absolute atomic E-state index is 11.8. The third-order valence-electron chi connectivity index (χ3n) is 2.94. The van der Waals surface area contributed by atoms with Crippen LogP contribution in [-0.4, -0.2) is 23.4 Å². The average molecular weight is 212 g/mol. The van der Waals surface area contributed by atoms with Crippen LogP contribution in [0.4, 0.5) is 0 Å². The molecule has 1 aliphatic rings. The van der Waals surface area contributed by atoms with Gasteiger partial charge in [0.15, 0.2) is 0 Å². The minimum atomic E-state index is -0.732. The topological polar surface area (TPSA) is 58.2 Å². The molecule has 0 spiro atoms. The third kappa shape index (κ3) is 2.49. The summed E-state index contributed by atoms with van der Waals surface area (Å²) in [5.74, 6) is 0.259. The summed E-state index contributed by atoms with van der Waals surface area (Å²) in [6, 6.07) is -0.364. The van der Waals surface area contributed by atoms with Crippen molar-refractivity contribution in [3.63, 3.8) is 0 Å².